The predicted molar refractivity (Wildman–Crippen MR) is 85.9 cm³/mol. The summed E-state index contributed by atoms with van der Waals surface area (Å²) in [6.07, 6.45) is 0. The van der Waals surface area contributed by atoms with Gasteiger partial charge in [-0.2, -0.15) is 0 Å². The van der Waals surface area contributed by atoms with E-state index in [1.165, 1.54) is 24.3 Å². The minimum absolute atomic E-state index is 0.121. The molecule has 120 valence electrons. The van der Waals surface area contributed by atoms with Gasteiger partial charge in [0.1, 0.15) is 11.6 Å². The summed E-state index contributed by atoms with van der Waals surface area (Å²) < 4.78 is 26.0. The lowest BCUT2D eigenvalue weighted by atomic mass is 10.1. The standard InChI is InChI=1S/C17H15ClF2N2O/c18-16-11-13(20)3-6-15(16)17(23)22-9-7-21(8-10-22)14-4-1-12(19)2-5-14/h1-6,11H,7-10H2. The summed E-state index contributed by atoms with van der Waals surface area (Å²) in [6, 6.07) is 10.1. The van der Waals surface area contributed by atoms with E-state index in [-0.39, 0.29) is 16.7 Å². The van der Waals surface area contributed by atoms with E-state index in [9.17, 15) is 13.6 Å². The van der Waals surface area contributed by atoms with Crippen LogP contribution in [0.25, 0.3) is 0 Å². The zero-order valence-electron chi connectivity index (χ0n) is 12.3. The molecule has 0 atom stereocenters. The molecule has 0 aromatic heterocycles. The van der Waals surface area contributed by atoms with Crippen LogP contribution in [0.3, 0.4) is 0 Å². The van der Waals surface area contributed by atoms with Gasteiger partial charge in [-0.15, -0.1) is 0 Å². The molecule has 1 amide bonds. The molecule has 6 heteroatoms. The molecule has 2 aromatic carbocycles. The van der Waals surface area contributed by atoms with E-state index in [0.717, 1.165) is 11.8 Å². The Hall–Kier alpha value is -2.14. The van der Waals surface area contributed by atoms with Gasteiger partial charge in [0.2, 0.25) is 0 Å². The molecule has 0 spiro atoms. The minimum atomic E-state index is -0.465. The second kappa shape index (κ2) is 6.54. The van der Waals surface area contributed by atoms with Crippen molar-refractivity contribution >= 4 is 23.2 Å². The fourth-order valence-electron chi connectivity index (χ4n) is 2.65. The number of anilines is 1. The number of halogens is 3. The highest BCUT2D eigenvalue weighted by molar-refractivity contribution is 6.33. The SMILES string of the molecule is O=C(c1ccc(F)cc1Cl)N1CCN(c2ccc(F)cc2)CC1. The average molecular weight is 337 g/mol. The van der Waals surface area contributed by atoms with E-state index in [2.05, 4.69) is 4.90 Å². The van der Waals surface area contributed by atoms with Crippen molar-refractivity contribution in [3.8, 4) is 0 Å². The van der Waals surface area contributed by atoms with Crippen LogP contribution in [-0.4, -0.2) is 37.0 Å². The molecule has 0 N–H and O–H groups in total. The van der Waals surface area contributed by atoms with Crippen molar-refractivity contribution in [2.45, 2.75) is 0 Å². The fourth-order valence-corrected chi connectivity index (χ4v) is 2.90. The summed E-state index contributed by atoms with van der Waals surface area (Å²) in [7, 11) is 0. The van der Waals surface area contributed by atoms with E-state index < -0.39 is 5.82 Å². The van der Waals surface area contributed by atoms with Crippen molar-refractivity contribution in [2.24, 2.45) is 0 Å². The van der Waals surface area contributed by atoms with Crippen molar-refractivity contribution < 1.29 is 13.6 Å². The van der Waals surface area contributed by atoms with Gasteiger partial charge in [0.25, 0.3) is 5.91 Å². The maximum Gasteiger partial charge on any atom is 0.255 e. The third-order valence-corrected chi connectivity index (χ3v) is 4.23. The maximum atomic E-state index is 13.1. The van der Waals surface area contributed by atoms with Gasteiger partial charge in [0.05, 0.1) is 10.6 Å². The average Bonchev–Trinajstić information content (AvgIpc) is 2.55. The van der Waals surface area contributed by atoms with E-state index in [1.54, 1.807) is 17.0 Å². The first-order valence-corrected chi connectivity index (χ1v) is 7.67. The number of piperazine rings is 1. The van der Waals surface area contributed by atoms with Crippen molar-refractivity contribution in [3.05, 3.63) is 64.7 Å². The normalized spacial score (nSPS) is 14.9. The Labute approximate surface area is 138 Å². The molecular formula is C17H15ClF2N2O. The van der Waals surface area contributed by atoms with Crippen LogP contribution in [0.1, 0.15) is 10.4 Å². The quantitative estimate of drug-likeness (QED) is 0.837. The lowest BCUT2D eigenvalue weighted by molar-refractivity contribution is 0.0747. The molecule has 0 saturated carbocycles. The largest absolute Gasteiger partial charge is 0.368 e. The summed E-state index contributed by atoms with van der Waals surface area (Å²) in [5.41, 5.74) is 1.24. The summed E-state index contributed by atoms with van der Waals surface area (Å²) in [5.74, 6) is -0.935. The monoisotopic (exact) mass is 336 g/mol. The number of hydrogen-bond donors (Lipinski definition) is 0. The Morgan fingerprint density at radius 1 is 0.913 bits per heavy atom. The van der Waals surface area contributed by atoms with Crippen LogP contribution in [0.2, 0.25) is 5.02 Å². The number of amides is 1. The Balaban J connectivity index is 1.66. The Morgan fingerprint density at radius 2 is 1.52 bits per heavy atom. The van der Waals surface area contributed by atoms with Gasteiger partial charge >= 0.3 is 0 Å². The van der Waals surface area contributed by atoms with Gasteiger partial charge in [0, 0.05) is 31.9 Å². The van der Waals surface area contributed by atoms with Gasteiger partial charge in [-0.25, -0.2) is 8.78 Å². The molecule has 1 aliphatic heterocycles. The fraction of sp³-hybridized carbons (Fsp3) is 0.235. The van der Waals surface area contributed by atoms with E-state index in [1.807, 2.05) is 0 Å². The van der Waals surface area contributed by atoms with Crippen LogP contribution < -0.4 is 4.90 Å². The Morgan fingerprint density at radius 3 is 2.13 bits per heavy atom. The van der Waals surface area contributed by atoms with Gasteiger partial charge in [0.15, 0.2) is 0 Å². The number of nitrogens with zero attached hydrogens (tertiary/aromatic N) is 2. The molecule has 1 fully saturated rings. The molecule has 1 aliphatic rings. The van der Waals surface area contributed by atoms with E-state index in [4.69, 9.17) is 11.6 Å². The van der Waals surface area contributed by atoms with Crippen LogP contribution in [-0.2, 0) is 0 Å². The van der Waals surface area contributed by atoms with Crippen molar-refractivity contribution in [3.63, 3.8) is 0 Å². The summed E-state index contributed by atoms with van der Waals surface area (Å²) in [6.45, 7) is 2.36. The van der Waals surface area contributed by atoms with E-state index >= 15 is 0 Å². The number of carbonyl (C=O) groups is 1. The van der Waals surface area contributed by atoms with Crippen LogP contribution in [0.5, 0.6) is 0 Å². The highest BCUT2D eigenvalue weighted by atomic mass is 35.5. The van der Waals surface area contributed by atoms with Gasteiger partial charge in [-0.05, 0) is 42.5 Å². The van der Waals surface area contributed by atoms with Crippen LogP contribution in [0, 0.1) is 11.6 Å². The predicted octanol–water partition coefficient (Wildman–Crippen LogP) is 3.58. The van der Waals surface area contributed by atoms with Crippen LogP contribution in [0.4, 0.5) is 14.5 Å². The summed E-state index contributed by atoms with van der Waals surface area (Å²) >= 11 is 5.95. The molecule has 3 nitrogen and oxygen atoms in total. The van der Waals surface area contributed by atoms with Gasteiger partial charge in [-0.3, -0.25) is 4.79 Å². The minimum Gasteiger partial charge on any atom is -0.368 e. The van der Waals surface area contributed by atoms with Gasteiger partial charge in [-0.1, -0.05) is 11.6 Å². The molecule has 1 saturated heterocycles. The Bertz CT molecular complexity index is 713. The summed E-state index contributed by atoms with van der Waals surface area (Å²) in [4.78, 5) is 16.3. The third-order valence-electron chi connectivity index (χ3n) is 3.92. The third kappa shape index (κ3) is 3.45. The Kier molecular flexibility index (Phi) is 4.48. The van der Waals surface area contributed by atoms with E-state index in [0.29, 0.717) is 31.7 Å². The first kappa shape index (κ1) is 15.7. The van der Waals surface area contributed by atoms with Crippen molar-refractivity contribution in [1.82, 2.24) is 4.90 Å². The molecule has 0 radical (unpaired) electrons. The highest BCUT2D eigenvalue weighted by Gasteiger charge is 2.23. The topological polar surface area (TPSA) is 23.6 Å². The summed E-state index contributed by atoms with van der Waals surface area (Å²) in [5, 5.41) is 0.121. The van der Waals surface area contributed by atoms with Crippen LogP contribution in [0.15, 0.2) is 42.5 Å². The molecule has 3 rings (SSSR count). The molecule has 0 bridgehead atoms. The zero-order valence-corrected chi connectivity index (χ0v) is 13.1. The molecule has 23 heavy (non-hydrogen) atoms. The van der Waals surface area contributed by atoms with Crippen molar-refractivity contribution in [1.29, 1.82) is 0 Å². The number of rotatable bonds is 2. The first-order valence-electron chi connectivity index (χ1n) is 7.29. The second-order valence-corrected chi connectivity index (χ2v) is 5.79. The smallest absolute Gasteiger partial charge is 0.255 e. The second-order valence-electron chi connectivity index (χ2n) is 5.38. The molecule has 0 aliphatic carbocycles. The molecule has 2 aromatic rings. The lowest BCUT2D eigenvalue weighted by Crippen LogP contribution is -2.48. The van der Waals surface area contributed by atoms with Crippen LogP contribution >= 0.6 is 11.6 Å². The molecule has 0 unspecified atom stereocenters. The van der Waals surface area contributed by atoms with Gasteiger partial charge < -0.3 is 9.80 Å². The lowest BCUT2D eigenvalue weighted by Gasteiger charge is -2.36. The molecule has 1 heterocycles. The molecular weight excluding hydrogens is 322 g/mol. The number of carbonyl (C=O) groups excluding carboxylic acids is 1. The first-order chi connectivity index (χ1) is 11.0. The number of benzene rings is 2. The highest BCUT2D eigenvalue weighted by Crippen LogP contribution is 2.21. The number of hydrogen-bond acceptors (Lipinski definition) is 2. The zero-order chi connectivity index (χ0) is 16.4. The maximum absolute atomic E-state index is 13.1. The van der Waals surface area contributed by atoms with Crippen molar-refractivity contribution in [2.75, 3.05) is 31.1 Å².